The van der Waals surface area contributed by atoms with Gasteiger partial charge in [0.05, 0.1) is 0 Å². The lowest BCUT2D eigenvalue weighted by Crippen LogP contribution is -2.29. The summed E-state index contributed by atoms with van der Waals surface area (Å²) in [6.07, 6.45) is 0. The van der Waals surface area contributed by atoms with Gasteiger partial charge in [-0.1, -0.05) is 12.1 Å². The number of rotatable bonds is 4. The summed E-state index contributed by atoms with van der Waals surface area (Å²) in [5.41, 5.74) is 1.18. The molecule has 2 nitrogen and oxygen atoms in total. The van der Waals surface area contributed by atoms with E-state index in [9.17, 15) is 0 Å². The van der Waals surface area contributed by atoms with Gasteiger partial charge >= 0.3 is 0 Å². The molecule has 1 N–H and O–H groups in total. The predicted molar refractivity (Wildman–Crippen MR) is 59.8 cm³/mol. The van der Waals surface area contributed by atoms with Crippen LogP contribution in [0.4, 0.5) is 0 Å². The lowest BCUT2D eigenvalue weighted by molar-refractivity contribution is 0.268. The molecule has 0 aromatic heterocycles. The number of nitrogens with zero attached hydrogens (tertiary/aromatic N) is 1. The smallest absolute Gasteiger partial charge is 0.115 e. The molecule has 0 aliphatic rings. The van der Waals surface area contributed by atoms with Gasteiger partial charge in [0, 0.05) is 18.5 Å². The molecule has 1 aromatic carbocycles. The number of halogens is 1. The van der Waals surface area contributed by atoms with Gasteiger partial charge < -0.3 is 5.11 Å². The molecule has 1 unspecified atom stereocenters. The summed E-state index contributed by atoms with van der Waals surface area (Å²) in [7, 11) is 2.04. The fourth-order valence-corrected chi connectivity index (χ4v) is 1.40. The zero-order valence-corrected chi connectivity index (χ0v) is 9.33. The van der Waals surface area contributed by atoms with Crippen molar-refractivity contribution in [2.45, 2.75) is 19.5 Å². The molecule has 0 heterocycles. The first-order valence-corrected chi connectivity index (χ1v) is 5.21. The van der Waals surface area contributed by atoms with Crippen molar-refractivity contribution in [3.8, 4) is 5.75 Å². The molecule has 0 bridgehead atoms. The number of hydrogen-bond acceptors (Lipinski definition) is 2. The van der Waals surface area contributed by atoms with Crippen LogP contribution in [0.1, 0.15) is 12.5 Å². The van der Waals surface area contributed by atoms with E-state index < -0.39 is 0 Å². The largest absolute Gasteiger partial charge is 0.508 e. The molecule has 1 atom stereocenters. The number of phenols is 1. The zero-order chi connectivity index (χ0) is 10.6. The van der Waals surface area contributed by atoms with E-state index in [0.717, 1.165) is 6.54 Å². The van der Waals surface area contributed by atoms with Gasteiger partial charge in [0.15, 0.2) is 0 Å². The molecule has 0 aliphatic carbocycles. The Morgan fingerprint density at radius 3 is 2.43 bits per heavy atom. The van der Waals surface area contributed by atoms with E-state index in [-0.39, 0.29) is 0 Å². The summed E-state index contributed by atoms with van der Waals surface area (Å²) in [5, 5.41) is 9.11. The van der Waals surface area contributed by atoms with Gasteiger partial charge in [-0.2, -0.15) is 0 Å². The standard InChI is InChI=1S/C11H16ClNO/c1-9(7-12)13(2)8-10-3-5-11(14)6-4-10/h3-6,9,14H,7-8H2,1-2H3. The maximum atomic E-state index is 9.11. The molecule has 0 saturated carbocycles. The molecule has 0 fully saturated rings. The van der Waals surface area contributed by atoms with Crippen LogP contribution in [-0.4, -0.2) is 29.0 Å². The van der Waals surface area contributed by atoms with E-state index in [2.05, 4.69) is 11.8 Å². The van der Waals surface area contributed by atoms with Crippen LogP contribution in [-0.2, 0) is 6.54 Å². The quantitative estimate of drug-likeness (QED) is 0.777. The van der Waals surface area contributed by atoms with Crippen molar-refractivity contribution in [2.24, 2.45) is 0 Å². The van der Waals surface area contributed by atoms with Crippen LogP contribution in [0.2, 0.25) is 0 Å². The van der Waals surface area contributed by atoms with Gasteiger partial charge in [0.25, 0.3) is 0 Å². The van der Waals surface area contributed by atoms with E-state index in [1.165, 1.54) is 5.56 Å². The highest BCUT2D eigenvalue weighted by molar-refractivity contribution is 6.18. The fraction of sp³-hybridized carbons (Fsp3) is 0.455. The number of hydrogen-bond donors (Lipinski definition) is 1. The van der Waals surface area contributed by atoms with Crippen molar-refractivity contribution in [3.63, 3.8) is 0 Å². The SMILES string of the molecule is CC(CCl)N(C)Cc1ccc(O)cc1. The Kier molecular flexibility index (Phi) is 4.23. The van der Waals surface area contributed by atoms with Crippen LogP contribution in [0.3, 0.4) is 0 Å². The highest BCUT2D eigenvalue weighted by Crippen LogP contribution is 2.12. The lowest BCUT2D eigenvalue weighted by Gasteiger charge is -2.22. The Labute approximate surface area is 90.1 Å². The highest BCUT2D eigenvalue weighted by Gasteiger charge is 2.07. The van der Waals surface area contributed by atoms with Crippen LogP contribution >= 0.6 is 11.6 Å². The first kappa shape index (κ1) is 11.3. The second kappa shape index (κ2) is 5.23. The second-order valence-corrected chi connectivity index (χ2v) is 3.89. The van der Waals surface area contributed by atoms with Gasteiger partial charge in [-0.25, -0.2) is 0 Å². The molecular formula is C11H16ClNO. The molecule has 1 aromatic rings. The average Bonchev–Trinajstić information content (AvgIpc) is 2.20. The molecule has 0 spiro atoms. The molecule has 0 aliphatic heterocycles. The van der Waals surface area contributed by atoms with Crippen molar-refractivity contribution in [1.82, 2.24) is 4.90 Å². The Hall–Kier alpha value is -0.730. The minimum atomic E-state index is 0.307. The molecule has 1 rings (SSSR count). The number of phenolic OH excluding ortho intramolecular Hbond substituents is 1. The predicted octanol–water partition coefficient (Wildman–Crippen LogP) is 2.45. The molecule has 14 heavy (non-hydrogen) atoms. The van der Waals surface area contributed by atoms with Crippen molar-refractivity contribution < 1.29 is 5.11 Å². The van der Waals surface area contributed by atoms with Crippen molar-refractivity contribution >= 4 is 11.6 Å². The third-order valence-electron chi connectivity index (χ3n) is 2.34. The second-order valence-electron chi connectivity index (χ2n) is 3.58. The zero-order valence-electron chi connectivity index (χ0n) is 8.57. The molecule has 3 heteroatoms. The summed E-state index contributed by atoms with van der Waals surface area (Å²) in [4.78, 5) is 2.18. The van der Waals surface area contributed by atoms with Crippen molar-refractivity contribution in [1.29, 1.82) is 0 Å². The van der Waals surface area contributed by atoms with Crippen molar-refractivity contribution in [2.75, 3.05) is 12.9 Å². The van der Waals surface area contributed by atoms with E-state index in [1.807, 2.05) is 19.2 Å². The van der Waals surface area contributed by atoms with Crippen LogP contribution in [0.25, 0.3) is 0 Å². The monoisotopic (exact) mass is 213 g/mol. The van der Waals surface area contributed by atoms with Crippen LogP contribution < -0.4 is 0 Å². The third kappa shape index (κ3) is 3.20. The van der Waals surface area contributed by atoms with E-state index in [1.54, 1.807) is 12.1 Å². The van der Waals surface area contributed by atoms with E-state index in [4.69, 9.17) is 16.7 Å². The summed E-state index contributed by atoms with van der Waals surface area (Å²) < 4.78 is 0. The van der Waals surface area contributed by atoms with Gasteiger partial charge in [0.2, 0.25) is 0 Å². The molecule has 0 saturated heterocycles. The van der Waals surface area contributed by atoms with Gasteiger partial charge in [-0.3, -0.25) is 4.90 Å². The average molecular weight is 214 g/mol. The van der Waals surface area contributed by atoms with Crippen molar-refractivity contribution in [3.05, 3.63) is 29.8 Å². The molecule has 0 radical (unpaired) electrons. The lowest BCUT2D eigenvalue weighted by atomic mass is 10.2. The minimum Gasteiger partial charge on any atom is -0.508 e. The highest BCUT2D eigenvalue weighted by atomic mass is 35.5. The molecule has 78 valence electrons. The Morgan fingerprint density at radius 1 is 1.36 bits per heavy atom. The summed E-state index contributed by atoms with van der Waals surface area (Å²) in [6.45, 7) is 2.95. The number of alkyl halides is 1. The summed E-state index contributed by atoms with van der Waals surface area (Å²) >= 11 is 5.76. The van der Waals surface area contributed by atoms with E-state index in [0.29, 0.717) is 17.7 Å². The van der Waals surface area contributed by atoms with Crippen LogP contribution in [0, 0.1) is 0 Å². The maximum Gasteiger partial charge on any atom is 0.115 e. The normalized spacial score (nSPS) is 13.1. The maximum absolute atomic E-state index is 9.11. The Morgan fingerprint density at radius 2 is 1.93 bits per heavy atom. The first-order valence-electron chi connectivity index (χ1n) is 4.67. The number of aromatic hydroxyl groups is 1. The van der Waals surface area contributed by atoms with E-state index >= 15 is 0 Å². The van der Waals surface area contributed by atoms with Gasteiger partial charge in [-0.15, -0.1) is 11.6 Å². The first-order chi connectivity index (χ1) is 6.63. The molecular weight excluding hydrogens is 198 g/mol. The summed E-state index contributed by atoms with van der Waals surface area (Å²) in [6, 6.07) is 7.62. The van der Waals surface area contributed by atoms with Gasteiger partial charge in [-0.05, 0) is 31.7 Å². The topological polar surface area (TPSA) is 23.5 Å². The Bertz CT molecular complexity index is 273. The molecule has 0 amide bonds. The summed E-state index contributed by atoms with van der Waals surface area (Å²) in [5.74, 6) is 0.941. The number of benzene rings is 1. The van der Waals surface area contributed by atoms with Crippen LogP contribution in [0.5, 0.6) is 5.75 Å². The third-order valence-corrected chi connectivity index (χ3v) is 2.79. The van der Waals surface area contributed by atoms with Crippen LogP contribution in [0.15, 0.2) is 24.3 Å². The minimum absolute atomic E-state index is 0.307. The van der Waals surface area contributed by atoms with Gasteiger partial charge in [0.1, 0.15) is 5.75 Å². The fourth-order valence-electron chi connectivity index (χ4n) is 1.16. The Balaban J connectivity index is 2.56.